The van der Waals surface area contributed by atoms with Gasteiger partial charge in [0.2, 0.25) is 0 Å². The minimum atomic E-state index is 0.153. The van der Waals surface area contributed by atoms with Gasteiger partial charge in [-0.2, -0.15) is 0 Å². The Labute approximate surface area is 77.5 Å². The largest absolute Gasteiger partial charge is 0.570 e. The second-order valence-electron chi connectivity index (χ2n) is 3.63. The van der Waals surface area contributed by atoms with E-state index < -0.39 is 0 Å². The number of hydroxylamine groups is 1. The molecule has 0 aromatic heterocycles. The van der Waals surface area contributed by atoms with E-state index in [1.807, 2.05) is 0 Å². The molecule has 1 fully saturated rings. The Morgan fingerprint density at radius 1 is 1.38 bits per heavy atom. The Balaban J connectivity index is 2.11. The number of nitrogens with zero attached hydrogens (tertiary/aromatic N) is 3. The summed E-state index contributed by atoms with van der Waals surface area (Å²) in [5.41, 5.74) is 0. The third-order valence-corrected chi connectivity index (χ3v) is 2.83. The molecule has 0 saturated heterocycles. The first-order valence-corrected chi connectivity index (χ1v) is 4.84. The highest BCUT2D eigenvalue weighted by Crippen LogP contribution is 2.28. The molecule has 0 amide bonds. The fraction of sp³-hybridized carbons (Fsp3) is 1.00. The molecule has 5 nitrogen and oxygen atoms in total. The highest BCUT2D eigenvalue weighted by Gasteiger charge is 2.42. The van der Waals surface area contributed by atoms with E-state index in [1.165, 1.54) is 31.5 Å². The lowest BCUT2D eigenvalue weighted by atomic mass is 10.1. The quantitative estimate of drug-likeness (QED) is 0.459. The van der Waals surface area contributed by atoms with Crippen molar-refractivity contribution in [3.05, 3.63) is 5.21 Å². The fourth-order valence-electron chi connectivity index (χ4n) is 2.17. The van der Waals surface area contributed by atoms with Gasteiger partial charge in [-0.25, -0.2) is 4.84 Å². The summed E-state index contributed by atoms with van der Waals surface area (Å²) in [4.78, 5) is 5.60. The van der Waals surface area contributed by atoms with Crippen molar-refractivity contribution < 1.29 is 9.81 Å². The van der Waals surface area contributed by atoms with Gasteiger partial charge < -0.3 is 5.21 Å². The van der Waals surface area contributed by atoms with Crippen LogP contribution >= 0.6 is 0 Å². The van der Waals surface area contributed by atoms with Crippen LogP contribution in [0, 0.1) is 5.21 Å². The Hall–Kier alpha value is -0.840. The molecule has 13 heavy (non-hydrogen) atoms. The average Bonchev–Trinajstić information content (AvgIpc) is 2.32. The van der Waals surface area contributed by atoms with Crippen LogP contribution in [0.4, 0.5) is 0 Å². The van der Waals surface area contributed by atoms with Gasteiger partial charge in [-0.3, -0.25) is 0 Å². The summed E-state index contributed by atoms with van der Waals surface area (Å²) in [5.74, 6) is 0. The van der Waals surface area contributed by atoms with Crippen molar-refractivity contribution in [3.63, 3.8) is 0 Å². The van der Waals surface area contributed by atoms with Crippen molar-refractivity contribution in [1.29, 1.82) is 0 Å². The van der Waals surface area contributed by atoms with Crippen LogP contribution in [0.1, 0.15) is 32.1 Å². The predicted molar refractivity (Wildman–Crippen MR) is 45.6 cm³/mol. The van der Waals surface area contributed by atoms with Gasteiger partial charge in [-0.15, -0.1) is 0 Å². The summed E-state index contributed by atoms with van der Waals surface area (Å²) in [6.45, 7) is 0. The number of hydrazine groups is 1. The maximum absolute atomic E-state index is 11.2. The summed E-state index contributed by atoms with van der Waals surface area (Å²) < 4.78 is 0. The van der Waals surface area contributed by atoms with Crippen molar-refractivity contribution in [3.8, 4) is 0 Å². The molecule has 1 aliphatic heterocycles. The molecule has 2 aliphatic rings. The monoisotopic (exact) mass is 185 g/mol. The lowest BCUT2D eigenvalue weighted by molar-refractivity contribution is -0.752. The van der Waals surface area contributed by atoms with E-state index in [2.05, 4.69) is 5.11 Å². The Morgan fingerprint density at radius 2 is 2.15 bits per heavy atom. The van der Waals surface area contributed by atoms with E-state index in [0.29, 0.717) is 4.97 Å². The zero-order valence-electron chi connectivity index (χ0n) is 7.85. The molecule has 0 aromatic rings. The zero-order chi connectivity index (χ0) is 9.26. The van der Waals surface area contributed by atoms with Gasteiger partial charge in [0, 0.05) is 5.11 Å². The Kier molecular flexibility index (Phi) is 2.35. The summed E-state index contributed by atoms with van der Waals surface area (Å²) in [7, 11) is 1.52. The number of hydrogen-bond acceptors (Lipinski definition) is 4. The van der Waals surface area contributed by atoms with Crippen molar-refractivity contribution in [2.45, 2.75) is 44.2 Å². The van der Waals surface area contributed by atoms with E-state index >= 15 is 0 Å². The van der Waals surface area contributed by atoms with Gasteiger partial charge in [0.1, 0.15) is 12.1 Å². The Morgan fingerprint density at radius 3 is 2.92 bits per heavy atom. The van der Waals surface area contributed by atoms with Crippen LogP contribution in [0.25, 0.3) is 0 Å². The molecule has 0 bridgehead atoms. The molecular weight excluding hydrogens is 170 g/mol. The highest BCUT2D eigenvalue weighted by atomic mass is 16.8. The van der Waals surface area contributed by atoms with Crippen LogP contribution in [0.15, 0.2) is 5.11 Å². The molecule has 2 rings (SSSR count). The Bertz CT molecular complexity index is 219. The minimum Gasteiger partial charge on any atom is -0.570 e. The molecule has 74 valence electrons. The topological polar surface area (TPSA) is 50.9 Å². The number of fused-ring (bicyclic) bond motifs is 1. The van der Waals surface area contributed by atoms with Crippen LogP contribution in [0.3, 0.4) is 0 Å². The molecule has 5 heteroatoms. The van der Waals surface area contributed by atoms with Gasteiger partial charge in [0.05, 0.1) is 12.1 Å². The third kappa shape index (κ3) is 1.48. The van der Waals surface area contributed by atoms with Crippen LogP contribution in [-0.4, -0.2) is 29.3 Å². The zero-order valence-corrected chi connectivity index (χ0v) is 7.85. The van der Waals surface area contributed by atoms with Crippen molar-refractivity contribution >= 4 is 0 Å². The maximum Gasteiger partial charge on any atom is 0.146 e. The molecular formula is C8H15N3O2. The van der Waals surface area contributed by atoms with Gasteiger partial charge >= 0.3 is 0 Å². The first-order chi connectivity index (χ1) is 6.33. The number of rotatable bonds is 1. The fourth-order valence-corrected chi connectivity index (χ4v) is 2.17. The second-order valence-corrected chi connectivity index (χ2v) is 3.63. The normalized spacial score (nSPS) is 33.9. The highest BCUT2D eigenvalue weighted by molar-refractivity contribution is 4.82. The van der Waals surface area contributed by atoms with Crippen LogP contribution < -0.4 is 0 Å². The van der Waals surface area contributed by atoms with E-state index in [4.69, 9.17) is 4.84 Å². The first-order valence-electron chi connectivity index (χ1n) is 4.84. The summed E-state index contributed by atoms with van der Waals surface area (Å²) in [6, 6.07) is 0.324. The lowest BCUT2D eigenvalue weighted by Crippen LogP contribution is -2.38. The summed E-state index contributed by atoms with van der Waals surface area (Å²) >= 11 is 0. The average molecular weight is 185 g/mol. The van der Waals surface area contributed by atoms with Gasteiger partial charge in [-0.05, 0) is 18.0 Å². The van der Waals surface area contributed by atoms with Gasteiger partial charge in [0.15, 0.2) is 0 Å². The molecule has 1 saturated carbocycles. The van der Waals surface area contributed by atoms with Gasteiger partial charge in [-0.1, -0.05) is 19.3 Å². The summed E-state index contributed by atoms with van der Waals surface area (Å²) in [6.07, 6.45) is 5.63. The molecule has 2 atom stereocenters. The molecule has 0 N–H and O–H groups in total. The first kappa shape index (κ1) is 8.74. The van der Waals surface area contributed by atoms with E-state index in [9.17, 15) is 5.21 Å². The summed E-state index contributed by atoms with van der Waals surface area (Å²) in [5, 5.41) is 16.6. The molecule has 1 heterocycles. The van der Waals surface area contributed by atoms with Crippen LogP contribution in [0.2, 0.25) is 0 Å². The molecule has 0 unspecified atom stereocenters. The van der Waals surface area contributed by atoms with Crippen molar-refractivity contribution in [2.75, 3.05) is 7.11 Å². The smallest absolute Gasteiger partial charge is 0.146 e. The maximum atomic E-state index is 11.2. The lowest BCUT2D eigenvalue weighted by Gasteiger charge is -2.18. The molecule has 0 radical (unpaired) electrons. The standard InChI is InChI=1S/C8H15N3O2/c1-13-10-8-6-4-2-3-5-7(8)9-11(10)12/h7-8H,2-6H2,1H3/t7-,8+/m1/s1. The SMILES string of the molecule is CON1[C@H]2CCCCC[C@H]2N=[N+]1[O-]. The van der Waals surface area contributed by atoms with Crippen LogP contribution in [-0.2, 0) is 4.84 Å². The van der Waals surface area contributed by atoms with Crippen molar-refractivity contribution in [2.24, 2.45) is 5.11 Å². The van der Waals surface area contributed by atoms with E-state index in [-0.39, 0.29) is 12.1 Å². The minimum absolute atomic E-state index is 0.153. The third-order valence-electron chi connectivity index (χ3n) is 2.83. The van der Waals surface area contributed by atoms with Crippen molar-refractivity contribution in [1.82, 2.24) is 5.17 Å². The van der Waals surface area contributed by atoms with E-state index in [0.717, 1.165) is 12.8 Å². The molecule has 0 aromatic carbocycles. The second kappa shape index (κ2) is 3.49. The number of hydrogen-bond donors (Lipinski definition) is 0. The molecule has 0 spiro atoms. The predicted octanol–water partition coefficient (Wildman–Crippen LogP) is 1.44. The van der Waals surface area contributed by atoms with Gasteiger partial charge in [0.25, 0.3) is 0 Å². The van der Waals surface area contributed by atoms with Crippen LogP contribution in [0.5, 0.6) is 0 Å². The molecule has 1 aliphatic carbocycles. The van der Waals surface area contributed by atoms with E-state index in [1.54, 1.807) is 0 Å².